The number of rotatable bonds is 4. The van der Waals surface area contributed by atoms with Gasteiger partial charge >= 0.3 is 0 Å². The normalized spacial score (nSPS) is 19.0. The van der Waals surface area contributed by atoms with Crippen molar-refractivity contribution in [3.05, 3.63) is 35.7 Å². The molecule has 94 valence electrons. The van der Waals surface area contributed by atoms with E-state index in [-0.39, 0.29) is 0 Å². The minimum absolute atomic E-state index is 0.356. The van der Waals surface area contributed by atoms with Gasteiger partial charge < -0.3 is 10.1 Å². The van der Waals surface area contributed by atoms with Crippen LogP contribution in [0.3, 0.4) is 0 Å². The van der Waals surface area contributed by atoms with Gasteiger partial charge in [0.25, 0.3) is 0 Å². The Kier molecular flexibility index (Phi) is 3.57. The van der Waals surface area contributed by atoms with E-state index in [1.54, 1.807) is 11.3 Å². The first-order chi connectivity index (χ1) is 8.92. The molecule has 0 radical (unpaired) electrons. The maximum atomic E-state index is 5.58. The van der Waals surface area contributed by atoms with E-state index in [1.807, 2.05) is 18.2 Å². The van der Waals surface area contributed by atoms with E-state index in [0.29, 0.717) is 6.10 Å². The first-order valence-electron chi connectivity index (χ1n) is 6.28. The van der Waals surface area contributed by atoms with Crippen molar-refractivity contribution in [2.75, 3.05) is 18.5 Å². The van der Waals surface area contributed by atoms with Crippen LogP contribution in [0.4, 0.5) is 5.13 Å². The molecule has 1 N–H and O–H groups in total. The molecule has 0 spiro atoms. The summed E-state index contributed by atoms with van der Waals surface area (Å²) in [4.78, 5) is 4.59. The van der Waals surface area contributed by atoms with Crippen LogP contribution in [0, 0.1) is 0 Å². The molecule has 1 aromatic carbocycles. The first-order valence-corrected chi connectivity index (χ1v) is 7.16. The zero-order valence-corrected chi connectivity index (χ0v) is 11.0. The van der Waals surface area contributed by atoms with Crippen LogP contribution in [0.1, 0.15) is 12.8 Å². The lowest BCUT2D eigenvalue weighted by atomic mass is 10.2. The summed E-state index contributed by atoms with van der Waals surface area (Å²) < 4.78 is 5.58. The van der Waals surface area contributed by atoms with E-state index in [0.717, 1.165) is 30.4 Å². The van der Waals surface area contributed by atoms with E-state index < -0.39 is 0 Å². The van der Waals surface area contributed by atoms with Crippen molar-refractivity contribution in [2.45, 2.75) is 18.9 Å². The molecule has 1 atom stereocenters. The summed E-state index contributed by atoms with van der Waals surface area (Å²) in [5.74, 6) is 0. The average Bonchev–Trinajstić information content (AvgIpc) is 3.09. The van der Waals surface area contributed by atoms with Crippen LogP contribution >= 0.6 is 11.3 Å². The van der Waals surface area contributed by atoms with E-state index in [2.05, 4.69) is 27.8 Å². The van der Waals surface area contributed by atoms with Gasteiger partial charge in [0.2, 0.25) is 0 Å². The molecule has 4 heteroatoms. The van der Waals surface area contributed by atoms with Gasteiger partial charge in [-0.3, -0.25) is 0 Å². The standard InChI is InChI=1S/C14H16N2OS/c1-2-5-11(6-3-1)13-10-18-14(16-13)15-9-12-7-4-8-17-12/h1-3,5-6,10,12H,4,7-9H2,(H,15,16). The van der Waals surface area contributed by atoms with Crippen molar-refractivity contribution in [1.29, 1.82) is 0 Å². The highest BCUT2D eigenvalue weighted by Crippen LogP contribution is 2.25. The zero-order valence-electron chi connectivity index (χ0n) is 10.1. The highest BCUT2D eigenvalue weighted by molar-refractivity contribution is 7.14. The van der Waals surface area contributed by atoms with E-state index in [9.17, 15) is 0 Å². The van der Waals surface area contributed by atoms with Crippen molar-refractivity contribution in [2.24, 2.45) is 0 Å². The maximum absolute atomic E-state index is 5.58. The summed E-state index contributed by atoms with van der Waals surface area (Å²) in [6.45, 7) is 1.77. The molecule has 1 aromatic heterocycles. The highest BCUT2D eigenvalue weighted by Gasteiger charge is 2.15. The molecule has 1 fully saturated rings. The minimum atomic E-state index is 0.356. The second-order valence-corrected chi connectivity index (χ2v) is 5.28. The number of ether oxygens (including phenoxy) is 1. The number of hydrogen-bond donors (Lipinski definition) is 1. The molecule has 1 saturated heterocycles. The van der Waals surface area contributed by atoms with Crippen LogP contribution in [-0.4, -0.2) is 24.2 Å². The highest BCUT2D eigenvalue weighted by atomic mass is 32.1. The van der Waals surface area contributed by atoms with Crippen molar-refractivity contribution in [3.8, 4) is 11.3 Å². The fourth-order valence-corrected chi connectivity index (χ4v) is 2.83. The molecule has 1 aliphatic heterocycles. The van der Waals surface area contributed by atoms with Crippen LogP contribution in [-0.2, 0) is 4.74 Å². The third kappa shape index (κ3) is 2.71. The van der Waals surface area contributed by atoms with Crippen LogP contribution in [0.25, 0.3) is 11.3 Å². The van der Waals surface area contributed by atoms with Gasteiger partial charge in [0, 0.05) is 24.1 Å². The second kappa shape index (κ2) is 5.50. The summed E-state index contributed by atoms with van der Waals surface area (Å²) in [5, 5.41) is 6.43. The SMILES string of the molecule is c1ccc(-c2csc(NCC3CCCO3)n2)cc1. The topological polar surface area (TPSA) is 34.1 Å². The fraction of sp³-hybridized carbons (Fsp3) is 0.357. The Morgan fingerprint density at radius 3 is 3.00 bits per heavy atom. The van der Waals surface area contributed by atoms with Gasteiger partial charge in [-0.2, -0.15) is 0 Å². The molecule has 2 aromatic rings. The lowest BCUT2D eigenvalue weighted by molar-refractivity contribution is 0.120. The van der Waals surface area contributed by atoms with Crippen LogP contribution in [0.2, 0.25) is 0 Å². The molecule has 0 saturated carbocycles. The Balaban J connectivity index is 1.63. The molecule has 1 unspecified atom stereocenters. The number of aromatic nitrogens is 1. The largest absolute Gasteiger partial charge is 0.376 e. The molecular weight excluding hydrogens is 244 g/mol. The number of benzene rings is 1. The molecule has 1 aliphatic rings. The first kappa shape index (κ1) is 11.7. The maximum Gasteiger partial charge on any atom is 0.183 e. The lowest BCUT2D eigenvalue weighted by Crippen LogP contribution is -2.18. The molecule has 3 rings (SSSR count). The molecular formula is C14H16N2OS. The molecule has 18 heavy (non-hydrogen) atoms. The van der Waals surface area contributed by atoms with Crippen LogP contribution < -0.4 is 5.32 Å². The molecule has 0 amide bonds. The Morgan fingerprint density at radius 1 is 1.33 bits per heavy atom. The minimum Gasteiger partial charge on any atom is -0.376 e. The number of nitrogens with one attached hydrogen (secondary N) is 1. The molecule has 2 heterocycles. The molecule has 3 nitrogen and oxygen atoms in total. The third-order valence-electron chi connectivity index (χ3n) is 3.08. The van der Waals surface area contributed by atoms with Gasteiger partial charge in [-0.25, -0.2) is 4.98 Å². The van der Waals surface area contributed by atoms with Gasteiger partial charge in [-0.05, 0) is 12.8 Å². The number of hydrogen-bond acceptors (Lipinski definition) is 4. The Morgan fingerprint density at radius 2 is 2.22 bits per heavy atom. The van der Waals surface area contributed by atoms with E-state index >= 15 is 0 Å². The lowest BCUT2D eigenvalue weighted by Gasteiger charge is -2.09. The average molecular weight is 260 g/mol. The summed E-state index contributed by atoms with van der Waals surface area (Å²) in [7, 11) is 0. The van der Waals surface area contributed by atoms with Gasteiger partial charge in [0.15, 0.2) is 5.13 Å². The summed E-state index contributed by atoms with van der Waals surface area (Å²) in [6, 6.07) is 10.3. The van der Waals surface area contributed by atoms with Gasteiger partial charge in [0.1, 0.15) is 0 Å². The van der Waals surface area contributed by atoms with Crippen LogP contribution in [0.15, 0.2) is 35.7 Å². The monoisotopic (exact) mass is 260 g/mol. The number of anilines is 1. The smallest absolute Gasteiger partial charge is 0.183 e. The fourth-order valence-electron chi connectivity index (χ4n) is 2.10. The second-order valence-electron chi connectivity index (χ2n) is 4.42. The van der Waals surface area contributed by atoms with Gasteiger partial charge in [-0.1, -0.05) is 30.3 Å². The van der Waals surface area contributed by atoms with Crippen molar-refractivity contribution < 1.29 is 4.74 Å². The van der Waals surface area contributed by atoms with Gasteiger partial charge in [0.05, 0.1) is 11.8 Å². The third-order valence-corrected chi connectivity index (χ3v) is 3.88. The van der Waals surface area contributed by atoms with Crippen molar-refractivity contribution in [1.82, 2.24) is 4.98 Å². The van der Waals surface area contributed by atoms with Gasteiger partial charge in [-0.15, -0.1) is 11.3 Å². The molecule has 0 aliphatic carbocycles. The number of thiazole rings is 1. The zero-order chi connectivity index (χ0) is 12.2. The Bertz CT molecular complexity index is 492. The van der Waals surface area contributed by atoms with E-state index in [1.165, 1.54) is 12.0 Å². The summed E-state index contributed by atoms with van der Waals surface area (Å²) in [6.07, 6.45) is 2.69. The summed E-state index contributed by atoms with van der Waals surface area (Å²) >= 11 is 1.65. The molecule has 0 bridgehead atoms. The van der Waals surface area contributed by atoms with Crippen LogP contribution in [0.5, 0.6) is 0 Å². The quantitative estimate of drug-likeness (QED) is 0.915. The Hall–Kier alpha value is -1.39. The van der Waals surface area contributed by atoms with Crippen molar-refractivity contribution in [3.63, 3.8) is 0 Å². The summed E-state index contributed by atoms with van der Waals surface area (Å²) in [5.41, 5.74) is 2.20. The Labute approximate surface area is 111 Å². The van der Waals surface area contributed by atoms with Crippen molar-refractivity contribution >= 4 is 16.5 Å². The van der Waals surface area contributed by atoms with E-state index in [4.69, 9.17) is 4.74 Å². The predicted molar refractivity (Wildman–Crippen MR) is 75.0 cm³/mol. The number of nitrogens with zero attached hydrogens (tertiary/aromatic N) is 1. The predicted octanol–water partition coefficient (Wildman–Crippen LogP) is 3.40.